The number of hydrogen-bond acceptors (Lipinski definition) is 7. The minimum atomic E-state index is -0.585. The number of aliphatic imine (C=N–C) groups is 1. The number of non-ortho nitro benzene ring substituents is 1. The zero-order chi connectivity index (χ0) is 27.4. The van der Waals surface area contributed by atoms with Gasteiger partial charge in [-0.05, 0) is 52.6 Å². The van der Waals surface area contributed by atoms with Gasteiger partial charge < -0.3 is 14.2 Å². The van der Waals surface area contributed by atoms with Crippen molar-refractivity contribution in [2.75, 3.05) is 7.11 Å². The van der Waals surface area contributed by atoms with E-state index in [1.165, 1.54) is 19.2 Å². The number of rotatable bonds is 8. The summed E-state index contributed by atoms with van der Waals surface area (Å²) in [6.45, 7) is 0.0429. The van der Waals surface area contributed by atoms with E-state index in [0.29, 0.717) is 22.4 Å². The fourth-order valence-electron chi connectivity index (χ4n) is 4.00. The molecule has 0 atom stereocenters. The summed E-state index contributed by atoms with van der Waals surface area (Å²) in [5, 5.41) is 11.3. The average molecular weight is 541 g/mol. The van der Waals surface area contributed by atoms with Crippen LogP contribution in [0.2, 0.25) is 5.02 Å². The van der Waals surface area contributed by atoms with Crippen molar-refractivity contribution in [1.29, 1.82) is 0 Å². The van der Waals surface area contributed by atoms with Crippen LogP contribution in [-0.2, 0) is 16.1 Å². The molecule has 1 aliphatic rings. The zero-order valence-corrected chi connectivity index (χ0v) is 21.4. The Morgan fingerprint density at radius 2 is 1.67 bits per heavy atom. The number of benzene rings is 4. The maximum absolute atomic E-state index is 12.5. The number of nitrogens with zero attached hydrogens (tertiary/aromatic N) is 2. The highest BCUT2D eigenvalue weighted by atomic mass is 35.5. The first-order valence-electron chi connectivity index (χ1n) is 11.8. The number of carbonyl (C=O) groups is 1. The van der Waals surface area contributed by atoms with Crippen LogP contribution in [-0.4, -0.2) is 23.9 Å². The molecule has 4 aromatic rings. The zero-order valence-electron chi connectivity index (χ0n) is 20.7. The third kappa shape index (κ3) is 5.81. The van der Waals surface area contributed by atoms with Gasteiger partial charge in [-0.1, -0.05) is 66.2 Å². The highest BCUT2D eigenvalue weighted by Gasteiger charge is 2.24. The third-order valence-electron chi connectivity index (χ3n) is 5.92. The Morgan fingerprint density at radius 1 is 0.949 bits per heavy atom. The smallest absolute Gasteiger partial charge is 0.363 e. The van der Waals surface area contributed by atoms with Crippen LogP contribution in [0.4, 0.5) is 5.69 Å². The van der Waals surface area contributed by atoms with Gasteiger partial charge in [0.15, 0.2) is 17.2 Å². The lowest BCUT2D eigenvalue weighted by atomic mass is 10.0. The molecule has 39 heavy (non-hydrogen) atoms. The van der Waals surface area contributed by atoms with Gasteiger partial charge in [0.1, 0.15) is 6.61 Å². The van der Waals surface area contributed by atoms with Crippen molar-refractivity contribution in [3.8, 4) is 22.6 Å². The van der Waals surface area contributed by atoms with E-state index < -0.39 is 10.9 Å². The first-order valence-corrected chi connectivity index (χ1v) is 12.2. The predicted molar refractivity (Wildman–Crippen MR) is 148 cm³/mol. The second kappa shape index (κ2) is 11.2. The minimum absolute atomic E-state index is 0.0355. The van der Waals surface area contributed by atoms with Gasteiger partial charge in [0.05, 0.1) is 17.1 Å². The molecule has 0 radical (unpaired) electrons. The first kappa shape index (κ1) is 25.7. The number of esters is 1. The van der Waals surface area contributed by atoms with Crippen molar-refractivity contribution >= 4 is 35.2 Å². The van der Waals surface area contributed by atoms with E-state index in [-0.39, 0.29) is 34.7 Å². The predicted octanol–water partition coefficient (Wildman–Crippen LogP) is 6.85. The van der Waals surface area contributed by atoms with Crippen molar-refractivity contribution in [3.63, 3.8) is 0 Å². The fraction of sp³-hybridized carbons (Fsp3) is 0.0667. The Labute approximate surface area is 228 Å². The maximum Gasteiger partial charge on any atom is 0.363 e. The van der Waals surface area contributed by atoms with Gasteiger partial charge in [0.25, 0.3) is 5.69 Å². The Bertz CT molecular complexity index is 1610. The molecule has 0 aliphatic carbocycles. The van der Waals surface area contributed by atoms with Gasteiger partial charge in [0.2, 0.25) is 5.90 Å². The molecule has 1 heterocycles. The largest absolute Gasteiger partial charge is 0.493 e. The van der Waals surface area contributed by atoms with Crippen LogP contribution in [0.1, 0.15) is 16.7 Å². The lowest BCUT2D eigenvalue weighted by molar-refractivity contribution is -0.384. The molecule has 9 heteroatoms. The summed E-state index contributed by atoms with van der Waals surface area (Å²) in [5.41, 5.74) is 4.02. The van der Waals surface area contributed by atoms with E-state index in [2.05, 4.69) is 4.99 Å². The summed E-state index contributed by atoms with van der Waals surface area (Å²) in [7, 11) is 1.46. The van der Waals surface area contributed by atoms with Gasteiger partial charge >= 0.3 is 5.97 Å². The summed E-state index contributed by atoms with van der Waals surface area (Å²) in [5.74, 6) is 0.218. The van der Waals surface area contributed by atoms with Gasteiger partial charge in [-0.25, -0.2) is 9.79 Å². The van der Waals surface area contributed by atoms with Crippen molar-refractivity contribution in [2.24, 2.45) is 4.99 Å². The van der Waals surface area contributed by atoms with Crippen LogP contribution in [0.15, 0.2) is 102 Å². The summed E-state index contributed by atoms with van der Waals surface area (Å²) >= 11 is 6.48. The summed E-state index contributed by atoms with van der Waals surface area (Å²) in [6, 6.07) is 26.9. The molecule has 1 aliphatic heterocycles. The molecule has 0 unspecified atom stereocenters. The molecule has 4 aromatic carbocycles. The number of cyclic esters (lactones) is 1. The molecule has 8 nitrogen and oxygen atoms in total. The number of carbonyl (C=O) groups excluding carboxylic acids is 1. The van der Waals surface area contributed by atoms with Crippen LogP contribution < -0.4 is 9.47 Å². The summed E-state index contributed by atoms with van der Waals surface area (Å²) in [6.07, 6.45) is 1.55. The monoisotopic (exact) mass is 540 g/mol. The van der Waals surface area contributed by atoms with Crippen LogP contribution >= 0.6 is 11.6 Å². The van der Waals surface area contributed by atoms with Gasteiger partial charge in [-0.15, -0.1) is 0 Å². The molecule has 194 valence electrons. The van der Waals surface area contributed by atoms with Gasteiger partial charge in [-0.3, -0.25) is 10.1 Å². The number of nitro benzene ring substituents is 1. The normalized spacial score (nSPS) is 13.6. The molecule has 0 saturated carbocycles. The van der Waals surface area contributed by atoms with E-state index in [9.17, 15) is 14.9 Å². The average Bonchev–Trinajstić information content (AvgIpc) is 3.32. The molecule has 0 saturated heterocycles. The molecule has 0 spiro atoms. The lowest BCUT2D eigenvalue weighted by Crippen LogP contribution is -2.05. The van der Waals surface area contributed by atoms with E-state index in [4.69, 9.17) is 25.8 Å². The lowest BCUT2D eigenvalue weighted by Gasteiger charge is -2.13. The van der Waals surface area contributed by atoms with Crippen LogP contribution in [0.3, 0.4) is 0 Å². The fourth-order valence-corrected chi connectivity index (χ4v) is 4.28. The number of hydrogen-bond donors (Lipinski definition) is 0. The Balaban J connectivity index is 1.35. The molecular formula is C30H21ClN2O6. The van der Waals surface area contributed by atoms with Crippen molar-refractivity contribution in [1.82, 2.24) is 0 Å². The van der Waals surface area contributed by atoms with Crippen LogP contribution in [0, 0.1) is 10.1 Å². The third-order valence-corrected chi connectivity index (χ3v) is 6.20. The molecule has 0 aromatic heterocycles. The Kier molecular flexibility index (Phi) is 7.38. The number of methoxy groups -OCH3 is 1. The summed E-state index contributed by atoms with van der Waals surface area (Å²) in [4.78, 5) is 27.5. The summed E-state index contributed by atoms with van der Waals surface area (Å²) < 4.78 is 16.7. The Morgan fingerprint density at radius 3 is 2.38 bits per heavy atom. The number of ether oxygens (including phenoxy) is 3. The van der Waals surface area contributed by atoms with E-state index >= 15 is 0 Å². The molecule has 5 rings (SSSR count). The first-order chi connectivity index (χ1) is 18.9. The van der Waals surface area contributed by atoms with Crippen molar-refractivity contribution in [3.05, 3.63) is 129 Å². The number of halogens is 1. The highest BCUT2D eigenvalue weighted by molar-refractivity contribution is 6.32. The topological polar surface area (TPSA) is 100 Å². The van der Waals surface area contributed by atoms with E-state index in [0.717, 1.165) is 11.1 Å². The molecular weight excluding hydrogens is 520 g/mol. The van der Waals surface area contributed by atoms with Crippen LogP contribution in [0.5, 0.6) is 11.5 Å². The maximum atomic E-state index is 12.5. The van der Waals surface area contributed by atoms with Crippen molar-refractivity contribution < 1.29 is 23.9 Å². The van der Waals surface area contributed by atoms with E-state index in [1.54, 1.807) is 30.3 Å². The highest BCUT2D eigenvalue weighted by Crippen LogP contribution is 2.38. The quantitative estimate of drug-likeness (QED) is 0.105. The standard InChI is InChI=1S/C30H21ClN2O6/c1-37-27-17-20(15-25(31)28(27)38-18-19-6-5-9-24(14-19)33(35)36)16-26-30(34)39-29(32-26)23-12-10-22(11-13-23)21-7-3-2-4-8-21/h2-17H,18H2,1H3/b26-16-. The second-order valence-electron chi connectivity index (χ2n) is 8.53. The van der Waals surface area contributed by atoms with Crippen molar-refractivity contribution in [2.45, 2.75) is 6.61 Å². The second-order valence-corrected chi connectivity index (χ2v) is 8.94. The van der Waals surface area contributed by atoms with E-state index in [1.807, 2.05) is 54.6 Å². The van der Waals surface area contributed by atoms with Gasteiger partial charge in [-0.2, -0.15) is 0 Å². The van der Waals surface area contributed by atoms with Crippen LogP contribution in [0.25, 0.3) is 17.2 Å². The molecule has 0 amide bonds. The molecule has 0 bridgehead atoms. The number of nitro groups is 1. The van der Waals surface area contributed by atoms with Gasteiger partial charge in [0, 0.05) is 17.7 Å². The SMILES string of the molecule is COc1cc(/C=C2\N=C(c3ccc(-c4ccccc4)cc3)OC2=O)cc(Cl)c1OCc1cccc([N+](=O)[O-])c1. The Hall–Kier alpha value is -4.95. The molecule has 0 N–H and O–H groups in total. The minimum Gasteiger partial charge on any atom is -0.493 e. The molecule has 0 fully saturated rings.